The maximum absolute atomic E-state index is 10.1. The second-order valence-corrected chi connectivity index (χ2v) is 9.10. The summed E-state index contributed by atoms with van der Waals surface area (Å²) in [5.41, 5.74) is 9.35. The summed E-state index contributed by atoms with van der Waals surface area (Å²) < 4.78 is 5.73. The minimum absolute atomic E-state index is 0.265. The van der Waals surface area contributed by atoms with Gasteiger partial charge in [-0.1, -0.05) is 18.2 Å². The van der Waals surface area contributed by atoms with E-state index in [-0.39, 0.29) is 5.82 Å². The predicted octanol–water partition coefficient (Wildman–Crippen LogP) is 5.14. The molecule has 0 amide bonds. The lowest BCUT2D eigenvalue weighted by Gasteiger charge is -2.42. The van der Waals surface area contributed by atoms with Crippen molar-refractivity contribution in [3.63, 3.8) is 0 Å². The molecule has 0 radical (unpaired) electrons. The summed E-state index contributed by atoms with van der Waals surface area (Å²) in [5.74, 6) is 0.816. The van der Waals surface area contributed by atoms with E-state index in [1.807, 2.05) is 41.3 Å². The third-order valence-electron chi connectivity index (χ3n) is 5.88. The van der Waals surface area contributed by atoms with Gasteiger partial charge in [0, 0.05) is 10.6 Å². The highest BCUT2D eigenvalue weighted by molar-refractivity contribution is 7.80. The van der Waals surface area contributed by atoms with Crippen LogP contribution < -0.4 is 15.5 Å². The van der Waals surface area contributed by atoms with E-state index in [1.165, 1.54) is 4.88 Å². The van der Waals surface area contributed by atoms with Crippen molar-refractivity contribution in [1.82, 2.24) is 0 Å². The number of thiocarbonyl (C=S) groups is 1. The molecule has 0 bridgehead atoms. The molecule has 5 rings (SSSR count). The second kappa shape index (κ2) is 8.16. The molecule has 1 aliphatic heterocycles. The first-order chi connectivity index (χ1) is 15.7. The van der Waals surface area contributed by atoms with E-state index in [1.54, 1.807) is 28.6 Å². The van der Waals surface area contributed by atoms with Gasteiger partial charge in [0.2, 0.25) is 0 Å². The van der Waals surface area contributed by atoms with Crippen LogP contribution in [0.2, 0.25) is 0 Å². The van der Waals surface area contributed by atoms with E-state index in [0.29, 0.717) is 22.0 Å². The highest BCUT2D eigenvalue weighted by Gasteiger charge is 2.43. The lowest BCUT2D eigenvalue weighted by Crippen LogP contribution is -2.52. The van der Waals surface area contributed by atoms with Crippen LogP contribution in [0.4, 0.5) is 10.7 Å². The molecule has 1 atom stereocenters. The van der Waals surface area contributed by atoms with E-state index in [9.17, 15) is 10.5 Å². The second-order valence-electron chi connectivity index (χ2n) is 7.66. The van der Waals surface area contributed by atoms with Crippen LogP contribution in [0.25, 0.3) is 0 Å². The van der Waals surface area contributed by atoms with E-state index in [4.69, 9.17) is 22.4 Å². The van der Waals surface area contributed by atoms with Gasteiger partial charge in [-0.2, -0.15) is 10.5 Å². The third-order valence-corrected chi connectivity index (χ3v) is 7.55. The number of aryl methyl sites for hydroxylation is 1. The Balaban J connectivity index is 1.77. The Morgan fingerprint density at radius 1 is 1.06 bits per heavy atom. The fourth-order valence-corrected chi connectivity index (χ4v) is 6.24. The number of hydrogen-bond acceptors (Lipinski definition) is 6. The molecule has 1 aromatic carbocycles. The largest absolute Gasteiger partial charge is 0.467 e. The van der Waals surface area contributed by atoms with Crippen LogP contribution in [-0.4, -0.2) is 5.11 Å². The number of anilines is 2. The van der Waals surface area contributed by atoms with Crippen LogP contribution in [-0.2, 0) is 12.8 Å². The fraction of sp³-hybridized carbons (Fsp3) is 0.208. The van der Waals surface area contributed by atoms with E-state index >= 15 is 0 Å². The molecule has 0 spiro atoms. The number of nitrogens with zero attached hydrogens (tertiary/aromatic N) is 4. The van der Waals surface area contributed by atoms with Crippen LogP contribution in [0.3, 0.4) is 0 Å². The standard InChI is InChI=1S/C24H19N5OS2/c25-13-17-16-9-4-5-11-20(16)32-23(17)29-21(19-10-6-12-30-19)18(14-26)22(27)28(24(29)31)15-7-2-1-3-8-15/h1-3,6-8,10,12,21H,4-5,9,11,27H2. The highest BCUT2D eigenvalue weighted by Crippen LogP contribution is 2.47. The number of rotatable bonds is 3. The van der Waals surface area contributed by atoms with Crippen LogP contribution >= 0.6 is 23.6 Å². The molecule has 32 heavy (non-hydrogen) atoms. The topological polar surface area (TPSA) is 93.2 Å². The Morgan fingerprint density at radius 3 is 2.53 bits per heavy atom. The summed E-state index contributed by atoms with van der Waals surface area (Å²) in [5, 5.41) is 21.4. The van der Waals surface area contributed by atoms with Crippen molar-refractivity contribution in [2.24, 2.45) is 5.73 Å². The normalized spacial score (nSPS) is 18.3. The van der Waals surface area contributed by atoms with E-state index in [0.717, 1.165) is 41.9 Å². The molecular weight excluding hydrogens is 438 g/mol. The summed E-state index contributed by atoms with van der Waals surface area (Å²) in [6.45, 7) is 0. The number of nitrogens with two attached hydrogens (primary N) is 1. The quantitative estimate of drug-likeness (QED) is 0.544. The summed E-state index contributed by atoms with van der Waals surface area (Å²) in [6, 6.07) is 17.1. The zero-order chi connectivity index (χ0) is 22.2. The van der Waals surface area contributed by atoms with Gasteiger partial charge in [0.25, 0.3) is 0 Å². The first kappa shape index (κ1) is 20.3. The van der Waals surface area contributed by atoms with Crippen LogP contribution in [0.1, 0.15) is 40.6 Å². The SMILES string of the molecule is N#CC1=C(N)N(c2ccccc2)C(=S)N(c2sc3c(c2C#N)CCCC3)C1c1ccco1. The number of para-hydroxylation sites is 1. The van der Waals surface area contributed by atoms with Crippen molar-refractivity contribution in [2.75, 3.05) is 9.80 Å². The molecule has 0 saturated carbocycles. The number of hydrogen-bond donors (Lipinski definition) is 1. The summed E-state index contributed by atoms with van der Waals surface area (Å²) in [6.07, 6.45) is 5.57. The summed E-state index contributed by atoms with van der Waals surface area (Å²) >= 11 is 7.56. The Kier molecular flexibility index (Phi) is 5.18. The summed E-state index contributed by atoms with van der Waals surface area (Å²) in [7, 11) is 0. The van der Waals surface area contributed by atoms with Gasteiger partial charge >= 0.3 is 0 Å². The Labute approximate surface area is 195 Å². The molecule has 1 unspecified atom stereocenters. The molecular formula is C24H19N5OS2. The number of nitriles is 2. The molecule has 158 valence electrons. The Hall–Kier alpha value is -3.59. The van der Waals surface area contributed by atoms with Gasteiger partial charge in [-0.25, -0.2) is 0 Å². The predicted molar refractivity (Wildman–Crippen MR) is 128 cm³/mol. The van der Waals surface area contributed by atoms with Crippen molar-refractivity contribution in [3.05, 3.63) is 81.9 Å². The third kappa shape index (κ3) is 3.08. The van der Waals surface area contributed by atoms with Crippen molar-refractivity contribution in [3.8, 4) is 12.1 Å². The zero-order valence-corrected chi connectivity index (χ0v) is 18.7. The van der Waals surface area contributed by atoms with Gasteiger partial charge in [0.1, 0.15) is 40.3 Å². The molecule has 8 heteroatoms. The lowest BCUT2D eigenvalue weighted by atomic mass is 9.95. The summed E-state index contributed by atoms with van der Waals surface area (Å²) in [4.78, 5) is 4.79. The van der Waals surface area contributed by atoms with Gasteiger partial charge in [-0.15, -0.1) is 11.3 Å². The lowest BCUT2D eigenvalue weighted by molar-refractivity contribution is 0.486. The van der Waals surface area contributed by atoms with Gasteiger partial charge in [0.05, 0.1) is 11.8 Å². The molecule has 0 fully saturated rings. The van der Waals surface area contributed by atoms with Gasteiger partial charge in [0.15, 0.2) is 5.11 Å². The van der Waals surface area contributed by atoms with Crippen molar-refractivity contribution >= 4 is 39.4 Å². The minimum Gasteiger partial charge on any atom is -0.467 e. The monoisotopic (exact) mass is 457 g/mol. The van der Waals surface area contributed by atoms with E-state index in [2.05, 4.69) is 12.1 Å². The average molecular weight is 458 g/mol. The zero-order valence-electron chi connectivity index (χ0n) is 17.1. The highest BCUT2D eigenvalue weighted by atomic mass is 32.1. The van der Waals surface area contributed by atoms with Crippen LogP contribution in [0, 0.1) is 22.7 Å². The van der Waals surface area contributed by atoms with Gasteiger partial charge in [-0.3, -0.25) is 9.80 Å². The van der Waals surface area contributed by atoms with E-state index < -0.39 is 6.04 Å². The average Bonchev–Trinajstić information content (AvgIpc) is 3.47. The van der Waals surface area contributed by atoms with Crippen molar-refractivity contribution in [1.29, 1.82) is 10.5 Å². The number of fused-ring (bicyclic) bond motifs is 1. The minimum atomic E-state index is -0.644. The van der Waals surface area contributed by atoms with Gasteiger partial charge in [-0.05, 0) is 67.7 Å². The number of thiophene rings is 1. The molecule has 2 N–H and O–H groups in total. The van der Waals surface area contributed by atoms with Crippen molar-refractivity contribution < 1.29 is 4.42 Å². The van der Waals surface area contributed by atoms with Crippen LogP contribution in [0.15, 0.2) is 64.5 Å². The Morgan fingerprint density at radius 2 is 1.84 bits per heavy atom. The molecule has 6 nitrogen and oxygen atoms in total. The first-order valence-corrected chi connectivity index (χ1v) is 11.5. The van der Waals surface area contributed by atoms with Crippen LogP contribution in [0.5, 0.6) is 0 Å². The number of benzene rings is 1. The molecule has 2 aliphatic rings. The number of furan rings is 1. The first-order valence-electron chi connectivity index (χ1n) is 10.3. The maximum atomic E-state index is 10.1. The maximum Gasteiger partial charge on any atom is 0.188 e. The molecule has 3 aromatic rings. The van der Waals surface area contributed by atoms with Gasteiger partial charge < -0.3 is 10.2 Å². The molecule has 0 saturated heterocycles. The fourth-order valence-electron chi connectivity index (χ4n) is 4.41. The Bertz CT molecular complexity index is 1290. The molecule has 1 aliphatic carbocycles. The molecule has 2 aromatic heterocycles. The smallest absolute Gasteiger partial charge is 0.188 e. The molecule has 3 heterocycles. The van der Waals surface area contributed by atoms with Crippen molar-refractivity contribution in [2.45, 2.75) is 31.7 Å².